The van der Waals surface area contributed by atoms with E-state index in [9.17, 15) is 9.59 Å². The van der Waals surface area contributed by atoms with Crippen LogP contribution in [0.3, 0.4) is 0 Å². The summed E-state index contributed by atoms with van der Waals surface area (Å²) in [5.74, 6) is -1.17. The first-order valence-electron chi connectivity index (χ1n) is 6.98. The normalized spacial score (nSPS) is 14.3. The highest BCUT2D eigenvalue weighted by molar-refractivity contribution is 5.74. The van der Waals surface area contributed by atoms with Gasteiger partial charge in [0.05, 0.1) is 10.8 Å². The molecule has 0 rings (SSSR count). The Morgan fingerprint density at radius 1 is 0.895 bits per heavy atom. The average molecular weight is 274 g/mol. The van der Waals surface area contributed by atoms with E-state index in [2.05, 4.69) is 0 Å². The lowest BCUT2D eigenvalue weighted by atomic mass is 9.77. The van der Waals surface area contributed by atoms with Crippen LogP contribution < -0.4 is 0 Å². The number of rotatable bonds is 6. The standard InChI is InChI=1S/C8H16O2.C7H14O2/c1-5-8(4,6(2)3)7(9)10;1-4-7(3,5-2)6(8)9/h6H,5H2,1-4H3,(H,9,10);4-5H2,1-3H3,(H,8,9). The number of carbonyl (C=O) groups is 2. The van der Waals surface area contributed by atoms with Crippen LogP contribution in [0.25, 0.3) is 0 Å². The molecule has 0 aromatic heterocycles. The van der Waals surface area contributed by atoms with Gasteiger partial charge in [-0.3, -0.25) is 9.59 Å². The fourth-order valence-corrected chi connectivity index (χ4v) is 1.36. The van der Waals surface area contributed by atoms with Gasteiger partial charge < -0.3 is 10.2 Å². The van der Waals surface area contributed by atoms with Crippen molar-refractivity contribution in [1.29, 1.82) is 0 Å². The molecule has 1 unspecified atom stereocenters. The van der Waals surface area contributed by atoms with Crippen molar-refractivity contribution < 1.29 is 19.8 Å². The number of hydrogen-bond donors (Lipinski definition) is 2. The van der Waals surface area contributed by atoms with Gasteiger partial charge in [-0.15, -0.1) is 0 Å². The molecule has 0 bridgehead atoms. The monoisotopic (exact) mass is 274 g/mol. The Morgan fingerprint density at radius 3 is 1.26 bits per heavy atom. The fourth-order valence-electron chi connectivity index (χ4n) is 1.36. The first kappa shape index (κ1) is 20.3. The van der Waals surface area contributed by atoms with Crippen molar-refractivity contribution in [3.05, 3.63) is 0 Å². The van der Waals surface area contributed by atoms with Crippen LogP contribution in [0, 0.1) is 16.7 Å². The van der Waals surface area contributed by atoms with Gasteiger partial charge in [-0.25, -0.2) is 0 Å². The van der Waals surface area contributed by atoms with E-state index in [4.69, 9.17) is 10.2 Å². The topological polar surface area (TPSA) is 74.6 Å². The van der Waals surface area contributed by atoms with Crippen LogP contribution in [-0.2, 0) is 9.59 Å². The van der Waals surface area contributed by atoms with Crippen molar-refractivity contribution >= 4 is 11.9 Å². The fraction of sp³-hybridized carbons (Fsp3) is 0.867. The maximum atomic E-state index is 10.7. The van der Waals surface area contributed by atoms with Gasteiger partial charge in [0.1, 0.15) is 0 Å². The van der Waals surface area contributed by atoms with Gasteiger partial charge in [-0.2, -0.15) is 0 Å². The molecular formula is C15H30O4. The Kier molecular flexibility index (Phi) is 8.72. The molecule has 0 aliphatic rings. The van der Waals surface area contributed by atoms with E-state index in [0.717, 1.165) is 0 Å². The number of carboxylic acid groups (broad SMARTS) is 2. The second kappa shape index (κ2) is 8.18. The Balaban J connectivity index is 0. The summed E-state index contributed by atoms with van der Waals surface area (Å²) in [6.45, 7) is 13.2. The summed E-state index contributed by atoms with van der Waals surface area (Å²) in [5.41, 5.74) is -1.04. The minimum absolute atomic E-state index is 0.204. The lowest BCUT2D eigenvalue weighted by molar-refractivity contribution is -0.151. The molecule has 0 aliphatic carbocycles. The van der Waals surface area contributed by atoms with Gasteiger partial charge in [0.25, 0.3) is 0 Å². The third-order valence-corrected chi connectivity index (χ3v) is 4.57. The summed E-state index contributed by atoms with van der Waals surface area (Å²) in [6.07, 6.45) is 2.11. The number of carboxylic acids is 2. The van der Waals surface area contributed by atoms with E-state index in [1.165, 1.54) is 0 Å². The zero-order valence-corrected chi connectivity index (χ0v) is 13.4. The SMILES string of the molecule is CCC(C)(C(=O)O)C(C)C.CCC(C)(CC)C(=O)O. The largest absolute Gasteiger partial charge is 0.481 e. The van der Waals surface area contributed by atoms with Crippen LogP contribution in [0.15, 0.2) is 0 Å². The summed E-state index contributed by atoms with van der Waals surface area (Å²) < 4.78 is 0. The summed E-state index contributed by atoms with van der Waals surface area (Å²) in [7, 11) is 0. The number of aliphatic carboxylic acids is 2. The minimum atomic E-state index is -0.690. The van der Waals surface area contributed by atoms with Gasteiger partial charge >= 0.3 is 11.9 Å². The zero-order valence-electron chi connectivity index (χ0n) is 13.4. The molecule has 0 fully saturated rings. The maximum absolute atomic E-state index is 10.7. The molecule has 19 heavy (non-hydrogen) atoms. The molecule has 0 amide bonds. The summed E-state index contributed by atoms with van der Waals surface area (Å²) in [6, 6.07) is 0. The van der Waals surface area contributed by atoms with Crippen molar-refractivity contribution in [2.75, 3.05) is 0 Å². The molecule has 0 aliphatic heterocycles. The molecule has 0 radical (unpaired) electrons. The van der Waals surface area contributed by atoms with E-state index < -0.39 is 22.8 Å². The van der Waals surface area contributed by atoms with Crippen LogP contribution in [0.5, 0.6) is 0 Å². The summed E-state index contributed by atoms with van der Waals surface area (Å²) in [5, 5.41) is 17.4. The average Bonchev–Trinajstić information content (AvgIpc) is 2.36. The first-order valence-corrected chi connectivity index (χ1v) is 6.98. The van der Waals surface area contributed by atoms with Crippen molar-refractivity contribution in [1.82, 2.24) is 0 Å². The molecule has 0 aromatic rings. The quantitative estimate of drug-likeness (QED) is 0.766. The Hall–Kier alpha value is -1.06. The van der Waals surface area contributed by atoms with Gasteiger partial charge in [0, 0.05) is 0 Å². The zero-order chi connectivity index (χ0) is 15.9. The smallest absolute Gasteiger partial charge is 0.309 e. The second-order valence-electron chi connectivity index (χ2n) is 5.80. The molecule has 0 saturated heterocycles. The molecular weight excluding hydrogens is 244 g/mol. The molecule has 2 N–H and O–H groups in total. The van der Waals surface area contributed by atoms with E-state index in [1.54, 1.807) is 13.8 Å². The van der Waals surface area contributed by atoms with Crippen molar-refractivity contribution in [2.45, 2.75) is 67.7 Å². The highest BCUT2D eigenvalue weighted by Gasteiger charge is 2.34. The van der Waals surface area contributed by atoms with Crippen LogP contribution in [-0.4, -0.2) is 22.2 Å². The summed E-state index contributed by atoms with van der Waals surface area (Å²) in [4.78, 5) is 21.2. The van der Waals surface area contributed by atoms with Crippen molar-refractivity contribution in [2.24, 2.45) is 16.7 Å². The van der Waals surface area contributed by atoms with E-state index in [-0.39, 0.29) is 5.92 Å². The lowest BCUT2D eigenvalue weighted by Crippen LogP contribution is -2.32. The van der Waals surface area contributed by atoms with E-state index in [1.807, 2.05) is 34.6 Å². The highest BCUT2D eigenvalue weighted by Crippen LogP contribution is 2.30. The van der Waals surface area contributed by atoms with Gasteiger partial charge in [-0.1, -0.05) is 34.6 Å². The van der Waals surface area contributed by atoms with Crippen LogP contribution in [0.4, 0.5) is 0 Å². The Labute approximate surface area is 117 Å². The molecule has 0 aromatic carbocycles. The molecule has 0 spiro atoms. The van der Waals surface area contributed by atoms with Gasteiger partial charge in [0.2, 0.25) is 0 Å². The molecule has 4 nitrogen and oxygen atoms in total. The molecule has 0 heterocycles. The van der Waals surface area contributed by atoms with Crippen molar-refractivity contribution in [3.63, 3.8) is 0 Å². The van der Waals surface area contributed by atoms with Crippen LogP contribution >= 0.6 is 0 Å². The van der Waals surface area contributed by atoms with E-state index in [0.29, 0.717) is 19.3 Å². The lowest BCUT2D eigenvalue weighted by Gasteiger charge is -2.27. The maximum Gasteiger partial charge on any atom is 0.309 e. The third kappa shape index (κ3) is 5.62. The predicted octanol–water partition coefficient (Wildman–Crippen LogP) is 4.04. The second-order valence-corrected chi connectivity index (χ2v) is 5.80. The predicted molar refractivity (Wildman–Crippen MR) is 77.2 cm³/mol. The van der Waals surface area contributed by atoms with Gasteiger partial charge in [0.15, 0.2) is 0 Å². The molecule has 4 heteroatoms. The van der Waals surface area contributed by atoms with E-state index >= 15 is 0 Å². The Bertz CT molecular complexity index is 293. The minimum Gasteiger partial charge on any atom is -0.481 e. The Morgan fingerprint density at radius 2 is 1.26 bits per heavy atom. The molecule has 114 valence electrons. The third-order valence-electron chi connectivity index (χ3n) is 4.57. The van der Waals surface area contributed by atoms with Crippen molar-refractivity contribution in [3.8, 4) is 0 Å². The van der Waals surface area contributed by atoms with Gasteiger partial charge in [-0.05, 0) is 39.0 Å². The highest BCUT2D eigenvalue weighted by atomic mass is 16.4. The van der Waals surface area contributed by atoms with Crippen LogP contribution in [0.1, 0.15) is 67.7 Å². The first-order chi connectivity index (χ1) is 8.51. The molecule has 1 atom stereocenters. The number of hydrogen-bond acceptors (Lipinski definition) is 2. The van der Waals surface area contributed by atoms with Crippen LogP contribution in [0.2, 0.25) is 0 Å². The summed E-state index contributed by atoms with van der Waals surface area (Å²) >= 11 is 0. The molecule has 0 saturated carbocycles.